The van der Waals surface area contributed by atoms with Gasteiger partial charge in [0.15, 0.2) is 0 Å². The van der Waals surface area contributed by atoms with Gasteiger partial charge in [0.2, 0.25) is 0 Å². The molecule has 1 aromatic carbocycles. The molecule has 150 valence electrons. The third-order valence-corrected chi connectivity index (χ3v) is 5.21. The van der Waals surface area contributed by atoms with Crippen LogP contribution in [0.1, 0.15) is 47.7 Å². The number of benzene rings is 1. The minimum absolute atomic E-state index is 0.0983. The summed E-state index contributed by atoms with van der Waals surface area (Å²) in [5, 5.41) is 12.0. The lowest BCUT2D eigenvalue weighted by Gasteiger charge is -2.18. The van der Waals surface area contributed by atoms with Crippen LogP contribution in [0.25, 0.3) is 0 Å². The van der Waals surface area contributed by atoms with Gasteiger partial charge in [0.1, 0.15) is 6.04 Å². The predicted molar refractivity (Wildman–Crippen MR) is 117 cm³/mol. The average molecular weight is 411 g/mol. The lowest BCUT2D eigenvalue weighted by Crippen LogP contribution is -2.41. The Morgan fingerprint density at radius 3 is 2.63 bits per heavy atom. The molecule has 0 fully saturated rings. The van der Waals surface area contributed by atoms with Crippen molar-refractivity contribution in [2.45, 2.75) is 44.7 Å². The van der Waals surface area contributed by atoms with Crippen LogP contribution in [0.15, 0.2) is 30.4 Å². The van der Waals surface area contributed by atoms with Crippen molar-refractivity contribution in [3.63, 3.8) is 0 Å². The van der Waals surface area contributed by atoms with Crippen LogP contribution in [0.3, 0.4) is 0 Å². The number of carboxylic acids is 1. The quantitative estimate of drug-likeness (QED) is 0.332. The van der Waals surface area contributed by atoms with Gasteiger partial charge < -0.3 is 16.2 Å². The number of thioether (sulfide) groups is 1. The van der Waals surface area contributed by atoms with E-state index < -0.39 is 12.0 Å². The number of carboxylic acid groups (broad SMARTS) is 1. The Morgan fingerprint density at radius 2 is 2.07 bits per heavy atom. The maximum atomic E-state index is 12.8. The van der Waals surface area contributed by atoms with Crippen LogP contribution in [0.5, 0.6) is 0 Å². The van der Waals surface area contributed by atoms with Crippen molar-refractivity contribution in [1.82, 2.24) is 5.32 Å². The summed E-state index contributed by atoms with van der Waals surface area (Å²) in [5.74, 6) is 0.0453. The monoisotopic (exact) mass is 410 g/mol. The highest BCUT2D eigenvalue weighted by Crippen LogP contribution is 2.22. The topological polar surface area (TPSA) is 92.4 Å². The van der Waals surface area contributed by atoms with Gasteiger partial charge in [0.25, 0.3) is 5.91 Å². The largest absolute Gasteiger partial charge is 0.480 e. The molecular formula is C20H30N2O3S2. The summed E-state index contributed by atoms with van der Waals surface area (Å²) in [6.45, 7) is 4.03. The van der Waals surface area contributed by atoms with Gasteiger partial charge in [-0.05, 0) is 48.0 Å². The van der Waals surface area contributed by atoms with E-state index >= 15 is 0 Å². The summed E-state index contributed by atoms with van der Waals surface area (Å²) in [6, 6.07) is 4.79. The Labute approximate surface area is 171 Å². The van der Waals surface area contributed by atoms with Crippen molar-refractivity contribution in [1.29, 1.82) is 0 Å². The summed E-state index contributed by atoms with van der Waals surface area (Å²) in [5.41, 5.74) is 8.23. The van der Waals surface area contributed by atoms with E-state index in [1.807, 2.05) is 50.5 Å². The minimum atomic E-state index is -1.01. The molecule has 1 unspecified atom stereocenters. The smallest absolute Gasteiger partial charge is 0.326 e. The van der Waals surface area contributed by atoms with E-state index in [0.29, 0.717) is 29.9 Å². The highest BCUT2D eigenvalue weighted by Gasteiger charge is 2.22. The number of hydrogen-bond donors (Lipinski definition) is 4. The molecule has 0 saturated heterocycles. The maximum absolute atomic E-state index is 12.8. The third kappa shape index (κ3) is 7.99. The van der Waals surface area contributed by atoms with Crippen molar-refractivity contribution in [2.24, 2.45) is 5.73 Å². The van der Waals surface area contributed by atoms with Gasteiger partial charge in [-0.3, -0.25) is 4.79 Å². The molecule has 0 aliphatic heterocycles. The van der Waals surface area contributed by atoms with E-state index in [1.54, 1.807) is 11.8 Å². The first-order valence-corrected chi connectivity index (χ1v) is 11.0. The SMILES string of the molecule is CSCC[C@H](NC(=O)c1cc(CC=CC(N)CS)ccc1C(C)C)C(=O)O. The third-order valence-electron chi connectivity index (χ3n) is 4.15. The second-order valence-corrected chi connectivity index (χ2v) is 8.05. The number of allylic oxidation sites excluding steroid dienone is 1. The van der Waals surface area contributed by atoms with E-state index in [2.05, 4.69) is 17.9 Å². The molecule has 0 radical (unpaired) electrons. The zero-order valence-electron chi connectivity index (χ0n) is 16.1. The molecule has 0 saturated carbocycles. The second-order valence-electron chi connectivity index (χ2n) is 6.70. The average Bonchev–Trinajstić information content (AvgIpc) is 2.64. The van der Waals surface area contributed by atoms with Gasteiger partial charge >= 0.3 is 5.97 Å². The number of hydrogen-bond acceptors (Lipinski definition) is 5. The van der Waals surface area contributed by atoms with Crippen molar-refractivity contribution < 1.29 is 14.7 Å². The standard InChI is InChI=1S/C20H30N2O3S2/c1-13(2)16-8-7-14(5-4-6-15(21)12-26)11-17(16)19(23)22-18(20(24)25)9-10-27-3/h4,6-8,11,13,15,18,26H,5,9-10,12,21H2,1-3H3,(H,22,23)(H,24,25)/t15?,18-/m0/s1. The van der Waals surface area contributed by atoms with Crippen LogP contribution < -0.4 is 11.1 Å². The summed E-state index contributed by atoms with van der Waals surface area (Å²) in [4.78, 5) is 24.2. The highest BCUT2D eigenvalue weighted by molar-refractivity contribution is 7.98. The fourth-order valence-electron chi connectivity index (χ4n) is 2.60. The first-order chi connectivity index (χ1) is 12.8. The minimum Gasteiger partial charge on any atom is -0.480 e. The lowest BCUT2D eigenvalue weighted by molar-refractivity contribution is -0.139. The van der Waals surface area contributed by atoms with Crippen molar-refractivity contribution in [3.8, 4) is 0 Å². The lowest BCUT2D eigenvalue weighted by atomic mass is 9.93. The molecule has 0 aliphatic carbocycles. The fraction of sp³-hybridized carbons (Fsp3) is 0.500. The number of nitrogens with two attached hydrogens (primary N) is 1. The predicted octanol–water partition coefficient (Wildman–Crippen LogP) is 3.10. The van der Waals surface area contributed by atoms with Crippen LogP contribution in [-0.4, -0.2) is 46.8 Å². The van der Waals surface area contributed by atoms with Crippen LogP contribution in [0.4, 0.5) is 0 Å². The molecule has 0 heterocycles. The number of thiol groups is 1. The Bertz CT molecular complexity index is 663. The summed E-state index contributed by atoms with van der Waals surface area (Å²) in [6.07, 6.45) is 6.81. The summed E-state index contributed by atoms with van der Waals surface area (Å²) >= 11 is 5.70. The summed E-state index contributed by atoms with van der Waals surface area (Å²) in [7, 11) is 0. The van der Waals surface area contributed by atoms with Crippen LogP contribution in [0.2, 0.25) is 0 Å². The molecule has 0 spiro atoms. The van der Waals surface area contributed by atoms with Gasteiger partial charge in [0.05, 0.1) is 0 Å². The van der Waals surface area contributed by atoms with Gasteiger partial charge in [-0.2, -0.15) is 24.4 Å². The molecule has 0 bridgehead atoms. The van der Waals surface area contributed by atoms with Crippen molar-refractivity contribution in [3.05, 3.63) is 47.0 Å². The van der Waals surface area contributed by atoms with Crippen molar-refractivity contribution >= 4 is 36.3 Å². The van der Waals surface area contributed by atoms with Crippen LogP contribution in [-0.2, 0) is 11.2 Å². The Kier molecular flexibility index (Phi) is 10.6. The Balaban J connectivity index is 3.03. The number of carbonyl (C=O) groups excluding carboxylic acids is 1. The van der Waals surface area contributed by atoms with E-state index in [-0.39, 0.29) is 17.9 Å². The summed E-state index contributed by atoms with van der Waals surface area (Å²) < 4.78 is 0. The maximum Gasteiger partial charge on any atom is 0.326 e. The molecular weight excluding hydrogens is 380 g/mol. The van der Waals surface area contributed by atoms with Gasteiger partial charge in [0, 0.05) is 17.4 Å². The molecule has 0 aliphatic rings. The second kappa shape index (κ2) is 12.1. The molecule has 1 aromatic rings. The van der Waals surface area contributed by atoms with Crippen LogP contribution >= 0.6 is 24.4 Å². The van der Waals surface area contributed by atoms with E-state index in [0.717, 1.165) is 11.1 Å². The normalized spacial score (nSPS) is 13.7. The number of amides is 1. The Hall–Kier alpha value is -1.44. The van der Waals surface area contributed by atoms with E-state index in [1.165, 1.54) is 0 Å². The molecule has 0 aromatic heterocycles. The fourth-order valence-corrected chi connectivity index (χ4v) is 3.19. The number of nitrogens with one attached hydrogen (secondary N) is 1. The Morgan fingerprint density at radius 1 is 1.37 bits per heavy atom. The molecule has 7 heteroatoms. The number of carbonyl (C=O) groups is 2. The van der Waals surface area contributed by atoms with Gasteiger partial charge in [-0.15, -0.1) is 0 Å². The molecule has 27 heavy (non-hydrogen) atoms. The van der Waals surface area contributed by atoms with Gasteiger partial charge in [-0.1, -0.05) is 38.1 Å². The molecule has 4 N–H and O–H groups in total. The van der Waals surface area contributed by atoms with E-state index in [9.17, 15) is 14.7 Å². The van der Waals surface area contributed by atoms with E-state index in [4.69, 9.17) is 5.73 Å². The zero-order valence-corrected chi connectivity index (χ0v) is 17.9. The number of rotatable bonds is 11. The van der Waals surface area contributed by atoms with Crippen molar-refractivity contribution in [2.75, 3.05) is 17.8 Å². The molecule has 2 atom stereocenters. The first kappa shape index (κ1) is 23.6. The first-order valence-electron chi connectivity index (χ1n) is 8.98. The molecule has 1 amide bonds. The number of aliphatic carboxylic acids is 1. The zero-order chi connectivity index (χ0) is 20.4. The highest BCUT2D eigenvalue weighted by atomic mass is 32.2. The molecule has 1 rings (SSSR count). The molecule has 5 nitrogen and oxygen atoms in total. The van der Waals surface area contributed by atoms with Gasteiger partial charge in [-0.25, -0.2) is 4.79 Å². The van der Waals surface area contributed by atoms with Crippen LogP contribution in [0, 0.1) is 0 Å².